The topological polar surface area (TPSA) is 126 Å². The molecule has 1 unspecified atom stereocenters. The minimum absolute atomic E-state index is 0.0679. The second-order valence-electron chi connectivity index (χ2n) is 7.36. The van der Waals surface area contributed by atoms with E-state index in [-0.39, 0.29) is 17.8 Å². The molecular weight excluding hydrogens is 402 g/mol. The van der Waals surface area contributed by atoms with Gasteiger partial charge in [0.25, 0.3) is 0 Å². The van der Waals surface area contributed by atoms with Gasteiger partial charge in [-0.1, -0.05) is 47.6 Å². The van der Waals surface area contributed by atoms with Crippen molar-refractivity contribution in [3.8, 4) is 11.4 Å². The molecule has 1 fully saturated rings. The van der Waals surface area contributed by atoms with Crippen LogP contribution in [-0.2, 0) is 22.0 Å². The van der Waals surface area contributed by atoms with Crippen LogP contribution in [0.2, 0.25) is 0 Å². The van der Waals surface area contributed by atoms with E-state index in [1.54, 1.807) is 54.6 Å². The summed E-state index contributed by atoms with van der Waals surface area (Å²) in [6, 6.07) is 15.6. The molecule has 2 aromatic carbocycles. The standard InChI is InChI=1S/C21H23N5O3S/c22-21(23)26-12-4-5-17(26)13-19-24-20(25-29-19)16-10-8-15(9-11-16)14-30(27,28)18-6-2-1-3-7-18/h1-3,6-11,17H,4-5,12-14H2,(H3,22,23). The molecule has 0 aliphatic carbocycles. The highest BCUT2D eigenvalue weighted by atomic mass is 32.2. The summed E-state index contributed by atoms with van der Waals surface area (Å²) >= 11 is 0. The number of aromatic nitrogens is 2. The van der Waals surface area contributed by atoms with Crippen LogP contribution in [0.25, 0.3) is 11.4 Å². The SMILES string of the molecule is N=C(N)N1CCCC1Cc1nc(-c2ccc(CS(=O)(=O)c3ccccc3)cc2)no1. The predicted molar refractivity (Wildman–Crippen MR) is 112 cm³/mol. The maximum atomic E-state index is 12.5. The molecule has 0 radical (unpaired) electrons. The van der Waals surface area contributed by atoms with E-state index in [1.165, 1.54) is 0 Å². The van der Waals surface area contributed by atoms with Crippen LogP contribution in [0.1, 0.15) is 24.3 Å². The third-order valence-electron chi connectivity index (χ3n) is 5.24. The molecule has 9 heteroatoms. The summed E-state index contributed by atoms with van der Waals surface area (Å²) in [7, 11) is -3.39. The first kappa shape index (κ1) is 20.1. The molecule has 30 heavy (non-hydrogen) atoms. The normalized spacial score (nSPS) is 16.7. The fourth-order valence-electron chi connectivity index (χ4n) is 3.70. The van der Waals surface area contributed by atoms with Crippen molar-refractivity contribution in [3.63, 3.8) is 0 Å². The molecule has 1 aromatic heterocycles. The summed E-state index contributed by atoms with van der Waals surface area (Å²) in [6.45, 7) is 0.772. The Bertz CT molecular complexity index is 1130. The molecule has 0 bridgehead atoms. The monoisotopic (exact) mass is 425 g/mol. The molecule has 1 saturated heterocycles. The highest BCUT2D eigenvalue weighted by Gasteiger charge is 2.27. The molecule has 4 rings (SSSR count). The minimum atomic E-state index is -3.39. The molecule has 1 atom stereocenters. The smallest absolute Gasteiger partial charge is 0.229 e. The molecule has 8 nitrogen and oxygen atoms in total. The maximum absolute atomic E-state index is 12.5. The van der Waals surface area contributed by atoms with Crippen LogP contribution in [0.4, 0.5) is 0 Å². The van der Waals surface area contributed by atoms with Crippen LogP contribution in [0, 0.1) is 5.41 Å². The fraction of sp³-hybridized carbons (Fsp3) is 0.286. The van der Waals surface area contributed by atoms with E-state index in [0.717, 1.165) is 24.9 Å². The lowest BCUT2D eigenvalue weighted by Gasteiger charge is -2.23. The first-order valence-electron chi connectivity index (χ1n) is 9.73. The van der Waals surface area contributed by atoms with Gasteiger partial charge in [-0.2, -0.15) is 4.98 Å². The molecule has 1 aliphatic rings. The number of nitrogens with zero attached hydrogens (tertiary/aromatic N) is 3. The molecule has 1 aliphatic heterocycles. The Morgan fingerprint density at radius 2 is 1.90 bits per heavy atom. The second-order valence-corrected chi connectivity index (χ2v) is 9.35. The number of rotatable bonds is 6. The van der Waals surface area contributed by atoms with E-state index >= 15 is 0 Å². The largest absolute Gasteiger partial charge is 0.370 e. The van der Waals surface area contributed by atoms with Crippen LogP contribution in [0.5, 0.6) is 0 Å². The summed E-state index contributed by atoms with van der Waals surface area (Å²) in [5, 5.41) is 11.7. The van der Waals surface area contributed by atoms with E-state index < -0.39 is 9.84 Å². The van der Waals surface area contributed by atoms with Crippen LogP contribution >= 0.6 is 0 Å². The van der Waals surface area contributed by atoms with Gasteiger partial charge in [0.1, 0.15) is 0 Å². The highest BCUT2D eigenvalue weighted by molar-refractivity contribution is 7.90. The van der Waals surface area contributed by atoms with Crippen LogP contribution < -0.4 is 5.73 Å². The Morgan fingerprint density at radius 1 is 1.17 bits per heavy atom. The van der Waals surface area contributed by atoms with E-state index in [0.29, 0.717) is 28.6 Å². The van der Waals surface area contributed by atoms with Gasteiger partial charge in [0, 0.05) is 24.6 Å². The average Bonchev–Trinajstić information content (AvgIpc) is 3.39. The Hall–Kier alpha value is -3.20. The van der Waals surface area contributed by atoms with Gasteiger partial charge in [0.05, 0.1) is 10.6 Å². The van der Waals surface area contributed by atoms with Crippen LogP contribution in [-0.4, -0.2) is 42.0 Å². The van der Waals surface area contributed by atoms with Crippen molar-refractivity contribution in [2.45, 2.75) is 36.0 Å². The summed E-state index contributed by atoms with van der Waals surface area (Å²) in [4.78, 5) is 6.62. The van der Waals surface area contributed by atoms with Crippen LogP contribution in [0.3, 0.4) is 0 Å². The second kappa shape index (κ2) is 8.27. The Labute approximate surface area is 175 Å². The van der Waals surface area contributed by atoms with Gasteiger partial charge < -0.3 is 15.2 Å². The van der Waals surface area contributed by atoms with Gasteiger partial charge in [0.15, 0.2) is 15.8 Å². The van der Waals surface area contributed by atoms with E-state index in [1.807, 2.05) is 4.90 Å². The first-order valence-corrected chi connectivity index (χ1v) is 11.4. The molecule has 0 spiro atoms. The fourth-order valence-corrected chi connectivity index (χ4v) is 5.07. The number of nitrogens with two attached hydrogens (primary N) is 1. The zero-order valence-corrected chi connectivity index (χ0v) is 17.2. The van der Waals surface area contributed by atoms with E-state index in [9.17, 15) is 8.42 Å². The van der Waals surface area contributed by atoms with Crippen molar-refractivity contribution in [2.24, 2.45) is 5.73 Å². The molecule has 3 N–H and O–H groups in total. The molecular formula is C21H23N5O3S. The number of likely N-dealkylation sites (tertiary alicyclic amines) is 1. The van der Waals surface area contributed by atoms with Crippen molar-refractivity contribution in [1.82, 2.24) is 15.0 Å². The van der Waals surface area contributed by atoms with Crippen molar-refractivity contribution in [1.29, 1.82) is 5.41 Å². The molecule has 156 valence electrons. The van der Waals surface area contributed by atoms with Gasteiger partial charge in [-0.05, 0) is 30.5 Å². The lowest BCUT2D eigenvalue weighted by molar-refractivity contribution is 0.320. The van der Waals surface area contributed by atoms with Crippen molar-refractivity contribution in [3.05, 3.63) is 66.1 Å². The summed E-state index contributed by atoms with van der Waals surface area (Å²) < 4.78 is 30.4. The quantitative estimate of drug-likeness (QED) is 0.459. The van der Waals surface area contributed by atoms with E-state index in [2.05, 4.69) is 10.1 Å². The number of hydrogen-bond acceptors (Lipinski definition) is 6. The zero-order chi connectivity index (χ0) is 21.1. The molecule has 2 heterocycles. The third kappa shape index (κ3) is 4.35. The van der Waals surface area contributed by atoms with Gasteiger partial charge in [-0.15, -0.1) is 0 Å². The van der Waals surface area contributed by atoms with E-state index in [4.69, 9.17) is 15.7 Å². The van der Waals surface area contributed by atoms with Gasteiger partial charge in [-0.3, -0.25) is 5.41 Å². The Kier molecular flexibility index (Phi) is 5.54. The van der Waals surface area contributed by atoms with Gasteiger partial charge in [0.2, 0.25) is 11.7 Å². The summed E-state index contributed by atoms with van der Waals surface area (Å²) in [5.41, 5.74) is 7.07. The van der Waals surface area contributed by atoms with Crippen molar-refractivity contribution in [2.75, 3.05) is 6.54 Å². The average molecular weight is 426 g/mol. The summed E-state index contributed by atoms with van der Waals surface area (Å²) in [6.07, 6.45) is 2.46. The number of guanidine groups is 1. The zero-order valence-electron chi connectivity index (χ0n) is 16.4. The predicted octanol–water partition coefficient (Wildman–Crippen LogP) is 2.61. The number of nitrogens with one attached hydrogen (secondary N) is 1. The lowest BCUT2D eigenvalue weighted by Crippen LogP contribution is -2.41. The number of hydrogen-bond donors (Lipinski definition) is 2. The number of benzene rings is 2. The lowest BCUT2D eigenvalue weighted by atomic mass is 10.1. The molecule has 0 amide bonds. The maximum Gasteiger partial charge on any atom is 0.229 e. The molecule has 3 aromatic rings. The van der Waals surface area contributed by atoms with Gasteiger partial charge >= 0.3 is 0 Å². The van der Waals surface area contributed by atoms with Gasteiger partial charge in [-0.25, -0.2) is 8.42 Å². The van der Waals surface area contributed by atoms with Crippen LogP contribution in [0.15, 0.2) is 64.0 Å². The first-order chi connectivity index (χ1) is 14.4. The Balaban J connectivity index is 1.44. The van der Waals surface area contributed by atoms with Crippen molar-refractivity contribution < 1.29 is 12.9 Å². The summed E-state index contributed by atoms with van der Waals surface area (Å²) in [5.74, 6) is 0.948. The highest BCUT2D eigenvalue weighted by Crippen LogP contribution is 2.23. The number of sulfone groups is 1. The Morgan fingerprint density at radius 3 is 2.60 bits per heavy atom. The minimum Gasteiger partial charge on any atom is -0.370 e. The molecule has 0 saturated carbocycles. The van der Waals surface area contributed by atoms with Crippen molar-refractivity contribution >= 4 is 15.8 Å². The third-order valence-corrected chi connectivity index (χ3v) is 6.94.